The monoisotopic (exact) mass is 432 g/mol. The van der Waals surface area contributed by atoms with E-state index in [2.05, 4.69) is 30.6 Å². The van der Waals surface area contributed by atoms with E-state index in [1.807, 2.05) is 19.2 Å². The number of piperazine rings is 1. The van der Waals surface area contributed by atoms with Gasteiger partial charge < -0.3 is 19.6 Å². The van der Waals surface area contributed by atoms with E-state index < -0.39 is 14.2 Å². The fourth-order valence-electron chi connectivity index (χ4n) is 4.78. The van der Waals surface area contributed by atoms with E-state index in [0.717, 1.165) is 35.6 Å². The number of aromatic nitrogens is 2. The van der Waals surface area contributed by atoms with Gasteiger partial charge in [0.05, 0.1) is 16.7 Å². The molecule has 0 aliphatic carbocycles. The highest BCUT2D eigenvalue weighted by atomic mass is 28.3. The van der Waals surface area contributed by atoms with Crippen LogP contribution in [0.25, 0.3) is 11.0 Å². The molecule has 1 amide bonds. The second-order valence-corrected chi connectivity index (χ2v) is 15.4. The summed E-state index contributed by atoms with van der Waals surface area (Å²) in [7, 11) is 0.626. The number of likely N-dealkylation sites (tertiary alicyclic amines) is 1. The summed E-state index contributed by atoms with van der Waals surface area (Å²) in [5.74, 6) is 0. The van der Waals surface area contributed by atoms with Crippen LogP contribution < -0.4 is 10.6 Å². The molecule has 2 atom stereocenters. The third-order valence-corrected chi connectivity index (χ3v) is 8.09. The van der Waals surface area contributed by atoms with Crippen molar-refractivity contribution in [3.05, 3.63) is 28.7 Å². The van der Waals surface area contributed by atoms with Crippen molar-refractivity contribution in [1.82, 2.24) is 14.0 Å². The summed E-state index contributed by atoms with van der Waals surface area (Å²) in [5.41, 5.74) is 2.71. The van der Waals surface area contributed by atoms with Crippen LogP contribution in [0.1, 0.15) is 12.8 Å². The Bertz CT molecular complexity index is 995. The minimum Gasteiger partial charge on any atom is -0.465 e. The first-order valence-corrected chi connectivity index (χ1v) is 14.4. The highest BCUT2D eigenvalue weighted by Crippen LogP contribution is 2.38. The van der Waals surface area contributed by atoms with E-state index in [0.29, 0.717) is 19.7 Å². The SMILES string of the molecule is Cn1c(=O)n(COCC[Si](C)(C)C)c2cccc(N3[C@@H]4CC[C@H]3CN(C(=O)O)C4)c21. The minimum atomic E-state index is -1.18. The van der Waals surface area contributed by atoms with Gasteiger partial charge in [0.2, 0.25) is 0 Å². The lowest BCUT2D eigenvalue weighted by molar-refractivity contribution is 0.0873. The van der Waals surface area contributed by atoms with Crippen LogP contribution in [0.15, 0.2) is 23.0 Å². The van der Waals surface area contributed by atoms with Crippen molar-refractivity contribution in [2.24, 2.45) is 7.05 Å². The molecule has 2 aliphatic rings. The van der Waals surface area contributed by atoms with E-state index in [1.54, 1.807) is 9.13 Å². The molecular formula is C21H32N4O4Si. The Labute approximate surface area is 177 Å². The molecule has 1 aromatic heterocycles. The molecule has 2 aliphatic heterocycles. The Morgan fingerprint density at radius 3 is 2.47 bits per heavy atom. The highest BCUT2D eigenvalue weighted by Gasteiger charge is 2.42. The van der Waals surface area contributed by atoms with E-state index in [-0.39, 0.29) is 24.5 Å². The van der Waals surface area contributed by atoms with Gasteiger partial charge in [-0.3, -0.25) is 9.13 Å². The molecule has 1 aromatic carbocycles. The maximum absolute atomic E-state index is 13.0. The van der Waals surface area contributed by atoms with E-state index in [9.17, 15) is 14.7 Å². The third-order valence-electron chi connectivity index (χ3n) is 6.39. The molecule has 0 unspecified atom stereocenters. The van der Waals surface area contributed by atoms with Crippen LogP contribution in [-0.4, -0.2) is 65.1 Å². The maximum atomic E-state index is 13.0. The van der Waals surface area contributed by atoms with E-state index in [4.69, 9.17) is 4.74 Å². The van der Waals surface area contributed by atoms with Gasteiger partial charge in [-0.1, -0.05) is 25.7 Å². The number of anilines is 1. The molecule has 0 radical (unpaired) electrons. The van der Waals surface area contributed by atoms with Gasteiger partial charge in [0.25, 0.3) is 0 Å². The molecule has 2 fully saturated rings. The maximum Gasteiger partial charge on any atom is 0.407 e. The second-order valence-electron chi connectivity index (χ2n) is 9.74. The van der Waals surface area contributed by atoms with Crippen LogP contribution in [0.4, 0.5) is 10.5 Å². The predicted octanol–water partition coefficient (Wildman–Crippen LogP) is 2.98. The van der Waals surface area contributed by atoms with Crippen LogP contribution in [0.3, 0.4) is 0 Å². The van der Waals surface area contributed by atoms with E-state index >= 15 is 0 Å². The number of benzene rings is 1. The molecule has 3 heterocycles. The molecule has 0 saturated carbocycles. The highest BCUT2D eigenvalue weighted by molar-refractivity contribution is 6.76. The Morgan fingerprint density at radius 1 is 1.20 bits per heavy atom. The lowest BCUT2D eigenvalue weighted by Gasteiger charge is -2.41. The summed E-state index contributed by atoms with van der Waals surface area (Å²) < 4.78 is 9.29. The molecule has 30 heavy (non-hydrogen) atoms. The number of imidazole rings is 1. The van der Waals surface area contributed by atoms with Crippen molar-refractivity contribution < 1.29 is 14.6 Å². The number of rotatable bonds is 6. The molecule has 2 bridgehead atoms. The summed E-state index contributed by atoms with van der Waals surface area (Å²) in [4.78, 5) is 28.3. The largest absolute Gasteiger partial charge is 0.465 e. The standard InChI is InChI=1S/C21H32N4O4Si/c1-22-19-17(24(20(22)26)14-29-10-11-30(2,3)4)6-5-7-18(19)25-15-8-9-16(25)13-23(12-15)21(27)28/h5-7,15-16H,8-14H2,1-4H3,(H,27,28)/t15-,16+. The number of nitrogens with zero attached hydrogens (tertiary/aromatic N) is 4. The third kappa shape index (κ3) is 3.76. The Hall–Kier alpha value is -2.26. The summed E-state index contributed by atoms with van der Waals surface area (Å²) >= 11 is 0. The van der Waals surface area contributed by atoms with Crippen LogP contribution in [-0.2, 0) is 18.5 Å². The number of carboxylic acid groups (broad SMARTS) is 1. The fraction of sp³-hybridized carbons (Fsp3) is 0.619. The second kappa shape index (κ2) is 7.77. The Balaban J connectivity index is 1.64. The first-order valence-electron chi connectivity index (χ1n) is 10.7. The zero-order chi connectivity index (χ0) is 21.6. The van der Waals surface area contributed by atoms with Gasteiger partial charge in [0, 0.05) is 46.9 Å². The average Bonchev–Trinajstić information content (AvgIpc) is 3.08. The van der Waals surface area contributed by atoms with Crippen molar-refractivity contribution in [2.75, 3.05) is 24.6 Å². The smallest absolute Gasteiger partial charge is 0.407 e. The number of hydrogen-bond acceptors (Lipinski definition) is 4. The van der Waals surface area contributed by atoms with E-state index in [1.165, 1.54) is 4.90 Å². The summed E-state index contributed by atoms with van der Waals surface area (Å²) in [6, 6.07) is 7.37. The molecule has 8 nitrogen and oxygen atoms in total. The number of carbonyl (C=O) groups is 1. The molecular weight excluding hydrogens is 400 g/mol. The number of amides is 1. The van der Waals surface area contributed by atoms with Gasteiger partial charge in [0.15, 0.2) is 0 Å². The van der Waals surface area contributed by atoms with Crippen LogP contribution in [0.2, 0.25) is 25.7 Å². The van der Waals surface area contributed by atoms with Crippen molar-refractivity contribution in [1.29, 1.82) is 0 Å². The number of para-hydroxylation sites is 1. The molecule has 9 heteroatoms. The first kappa shape index (κ1) is 21.0. The summed E-state index contributed by atoms with van der Waals surface area (Å²) in [5, 5.41) is 9.41. The molecule has 2 saturated heterocycles. The Kier molecular flexibility index (Phi) is 5.44. The lowest BCUT2D eigenvalue weighted by atomic mass is 10.1. The zero-order valence-electron chi connectivity index (χ0n) is 18.3. The van der Waals surface area contributed by atoms with Gasteiger partial charge in [-0.15, -0.1) is 0 Å². The fourth-order valence-corrected chi connectivity index (χ4v) is 5.54. The van der Waals surface area contributed by atoms with Crippen molar-refractivity contribution in [3.63, 3.8) is 0 Å². The number of fused-ring (bicyclic) bond motifs is 3. The lowest BCUT2D eigenvalue weighted by Crippen LogP contribution is -2.55. The van der Waals surface area contributed by atoms with Gasteiger partial charge in [-0.2, -0.15) is 0 Å². The molecule has 164 valence electrons. The van der Waals surface area contributed by atoms with Crippen LogP contribution in [0.5, 0.6) is 0 Å². The van der Waals surface area contributed by atoms with Gasteiger partial charge in [-0.05, 0) is 31.0 Å². The number of ether oxygens (including phenoxy) is 1. The zero-order valence-corrected chi connectivity index (χ0v) is 19.3. The average molecular weight is 433 g/mol. The summed E-state index contributed by atoms with van der Waals surface area (Å²) in [6.45, 7) is 8.87. The molecule has 2 aromatic rings. The molecule has 4 rings (SSSR count). The van der Waals surface area contributed by atoms with Crippen LogP contribution in [0, 0.1) is 0 Å². The van der Waals surface area contributed by atoms with Crippen molar-refractivity contribution >= 4 is 30.9 Å². The number of hydrogen-bond donors (Lipinski definition) is 1. The molecule has 0 spiro atoms. The van der Waals surface area contributed by atoms with Crippen molar-refractivity contribution in [3.8, 4) is 0 Å². The quantitative estimate of drug-likeness (QED) is 0.561. The van der Waals surface area contributed by atoms with Gasteiger partial charge in [0.1, 0.15) is 6.73 Å². The topological polar surface area (TPSA) is 79.9 Å². The normalized spacial score (nSPS) is 21.6. The van der Waals surface area contributed by atoms with Gasteiger partial charge in [-0.25, -0.2) is 9.59 Å². The van der Waals surface area contributed by atoms with Crippen molar-refractivity contribution in [2.45, 2.75) is 57.3 Å². The van der Waals surface area contributed by atoms with Gasteiger partial charge >= 0.3 is 11.8 Å². The number of aryl methyl sites for hydroxylation is 1. The first-order chi connectivity index (χ1) is 14.2. The molecule has 1 N–H and O–H groups in total. The van der Waals surface area contributed by atoms with Crippen LogP contribution >= 0.6 is 0 Å². The Morgan fingerprint density at radius 2 is 1.87 bits per heavy atom. The minimum absolute atomic E-state index is 0.0815. The predicted molar refractivity (Wildman–Crippen MR) is 120 cm³/mol. The summed E-state index contributed by atoms with van der Waals surface area (Å²) in [6.07, 6.45) is 1.09.